The van der Waals surface area contributed by atoms with Gasteiger partial charge in [-0.15, -0.1) is 0 Å². The topological polar surface area (TPSA) is 179 Å². The largest absolute Gasteiger partial charge is 0.394 e. The molecule has 142 valence electrons. The van der Waals surface area contributed by atoms with Crippen molar-refractivity contribution in [1.82, 2.24) is 0 Å². The van der Waals surface area contributed by atoms with Crippen LogP contribution in [0.25, 0.3) is 0 Å². The highest BCUT2D eigenvalue weighted by atomic mass is 16.7. The first kappa shape index (κ1) is 19.9. The Balaban J connectivity index is 2.12. The smallest absolute Gasteiger partial charge is 0.187 e. The van der Waals surface area contributed by atoms with Crippen LogP contribution in [0, 0.1) is 0 Å². The molecule has 10 atom stereocenters. The monoisotopic (exact) mass is 356 g/mol. The molecule has 0 aromatic carbocycles. The average molecular weight is 356 g/mol. The molecule has 0 radical (unpaired) electrons. The SMILES string of the molecule is CO[C@H]1[C@H](O)[C@@H](CO)O[C@H](O)[C@@H]1O[C@H]1O[C@H](CO)[C@@H](O)[C@H](O)[C@H]1O. The molecule has 0 amide bonds. The molecule has 0 spiro atoms. The maximum atomic E-state index is 10.1. The Kier molecular flexibility index (Phi) is 6.87. The van der Waals surface area contributed by atoms with E-state index in [9.17, 15) is 25.5 Å². The Morgan fingerprint density at radius 2 is 1.33 bits per heavy atom. The van der Waals surface area contributed by atoms with E-state index in [-0.39, 0.29) is 0 Å². The van der Waals surface area contributed by atoms with Crippen LogP contribution in [-0.4, -0.2) is 117 Å². The summed E-state index contributed by atoms with van der Waals surface area (Å²) in [6.07, 6.45) is -14.1. The quantitative estimate of drug-likeness (QED) is 0.251. The fraction of sp³-hybridized carbons (Fsp3) is 1.00. The second-order valence-corrected chi connectivity index (χ2v) is 5.74. The van der Waals surface area contributed by atoms with Crippen molar-refractivity contribution in [3.8, 4) is 0 Å². The zero-order chi connectivity index (χ0) is 18.0. The van der Waals surface area contributed by atoms with Gasteiger partial charge in [-0.05, 0) is 0 Å². The van der Waals surface area contributed by atoms with Crippen LogP contribution in [0.5, 0.6) is 0 Å². The Hall–Kier alpha value is -0.440. The molecule has 2 saturated heterocycles. The van der Waals surface area contributed by atoms with Gasteiger partial charge in [0.15, 0.2) is 12.6 Å². The number of aliphatic hydroxyl groups excluding tert-OH is 7. The third-order valence-corrected chi connectivity index (χ3v) is 4.23. The van der Waals surface area contributed by atoms with Crippen LogP contribution in [0.15, 0.2) is 0 Å². The highest BCUT2D eigenvalue weighted by Gasteiger charge is 2.50. The van der Waals surface area contributed by atoms with Gasteiger partial charge in [-0.2, -0.15) is 0 Å². The van der Waals surface area contributed by atoms with Gasteiger partial charge in [0.25, 0.3) is 0 Å². The maximum Gasteiger partial charge on any atom is 0.187 e. The molecule has 24 heavy (non-hydrogen) atoms. The van der Waals surface area contributed by atoms with Crippen molar-refractivity contribution in [2.75, 3.05) is 20.3 Å². The summed E-state index contributed by atoms with van der Waals surface area (Å²) in [4.78, 5) is 0. The van der Waals surface area contributed by atoms with Gasteiger partial charge in [0, 0.05) is 7.11 Å². The molecule has 2 aliphatic rings. The van der Waals surface area contributed by atoms with Crippen molar-refractivity contribution < 1.29 is 54.7 Å². The summed E-state index contributed by atoms with van der Waals surface area (Å²) in [6, 6.07) is 0. The average Bonchev–Trinajstić information content (AvgIpc) is 2.58. The molecule has 0 aromatic heterocycles. The Morgan fingerprint density at radius 3 is 1.88 bits per heavy atom. The third-order valence-electron chi connectivity index (χ3n) is 4.23. The number of ether oxygens (including phenoxy) is 4. The number of hydrogen-bond donors (Lipinski definition) is 7. The molecule has 11 heteroatoms. The zero-order valence-electron chi connectivity index (χ0n) is 13.0. The minimum absolute atomic E-state index is 0.565. The van der Waals surface area contributed by atoms with Gasteiger partial charge in [0.05, 0.1) is 13.2 Å². The molecule has 2 aliphatic heterocycles. The predicted octanol–water partition coefficient (Wildman–Crippen LogP) is -4.74. The Morgan fingerprint density at radius 1 is 0.750 bits per heavy atom. The molecule has 2 fully saturated rings. The molecule has 0 bridgehead atoms. The summed E-state index contributed by atoms with van der Waals surface area (Å²) in [7, 11) is 1.24. The maximum absolute atomic E-state index is 10.1. The van der Waals surface area contributed by atoms with Crippen LogP contribution < -0.4 is 0 Å². The van der Waals surface area contributed by atoms with Gasteiger partial charge >= 0.3 is 0 Å². The highest BCUT2D eigenvalue weighted by molar-refractivity contribution is 4.93. The van der Waals surface area contributed by atoms with Crippen molar-refractivity contribution in [2.24, 2.45) is 0 Å². The second-order valence-electron chi connectivity index (χ2n) is 5.74. The van der Waals surface area contributed by atoms with E-state index >= 15 is 0 Å². The zero-order valence-corrected chi connectivity index (χ0v) is 13.0. The van der Waals surface area contributed by atoms with Gasteiger partial charge in [-0.25, -0.2) is 0 Å². The van der Waals surface area contributed by atoms with Crippen LogP contribution in [0.1, 0.15) is 0 Å². The molecular formula is C13H24O11. The molecule has 0 aliphatic carbocycles. The molecule has 0 unspecified atom stereocenters. The number of methoxy groups -OCH3 is 1. The molecule has 0 aromatic rings. The first-order valence-corrected chi connectivity index (χ1v) is 7.46. The van der Waals surface area contributed by atoms with Crippen LogP contribution in [0.2, 0.25) is 0 Å². The van der Waals surface area contributed by atoms with E-state index < -0.39 is 74.6 Å². The normalized spacial score (nSPS) is 50.0. The lowest BCUT2D eigenvalue weighted by atomic mass is 9.97. The van der Waals surface area contributed by atoms with E-state index in [2.05, 4.69) is 0 Å². The molecule has 2 heterocycles. The van der Waals surface area contributed by atoms with E-state index in [0.717, 1.165) is 0 Å². The van der Waals surface area contributed by atoms with Gasteiger partial charge in [-0.1, -0.05) is 0 Å². The van der Waals surface area contributed by atoms with Crippen LogP contribution in [-0.2, 0) is 18.9 Å². The second kappa shape index (κ2) is 8.29. The van der Waals surface area contributed by atoms with Crippen LogP contribution >= 0.6 is 0 Å². The van der Waals surface area contributed by atoms with Crippen molar-refractivity contribution in [1.29, 1.82) is 0 Å². The number of hydrogen-bond acceptors (Lipinski definition) is 11. The molecule has 0 saturated carbocycles. The minimum atomic E-state index is -1.68. The third kappa shape index (κ3) is 3.71. The fourth-order valence-corrected chi connectivity index (χ4v) is 2.81. The summed E-state index contributed by atoms with van der Waals surface area (Å²) in [5.41, 5.74) is 0. The van der Waals surface area contributed by atoms with E-state index in [4.69, 9.17) is 29.2 Å². The summed E-state index contributed by atoms with van der Waals surface area (Å²) in [6.45, 7) is -1.21. The lowest BCUT2D eigenvalue weighted by molar-refractivity contribution is -0.363. The summed E-state index contributed by atoms with van der Waals surface area (Å²) in [5.74, 6) is 0. The van der Waals surface area contributed by atoms with E-state index in [1.807, 2.05) is 0 Å². The lowest BCUT2D eigenvalue weighted by Gasteiger charge is -2.45. The number of rotatable bonds is 5. The van der Waals surface area contributed by atoms with Crippen LogP contribution in [0.3, 0.4) is 0 Å². The van der Waals surface area contributed by atoms with Gasteiger partial charge in [0.1, 0.15) is 48.8 Å². The molecule has 11 nitrogen and oxygen atoms in total. The van der Waals surface area contributed by atoms with Crippen molar-refractivity contribution in [2.45, 2.75) is 61.4 Å². The van der Waals surface area contributed by atoms with E-state index in [0.29, 0.717) is 0 Å². The first-order chi connectivity index (χ1) is 11.3. The molecular weight excluding hydrogens is 332 g/mol. The summed E-state index contributed by atoms with van der Waals surface area (Å²) in [5, 5.41) is 67.8. The summed E-state index contributed by atoms with van der Waals surface area (Å²) < 4.78 is 20.6. The Labute approximate surface area is 137 Å². The van der Waals surface area contributed by atoms with Gasteiger partial charge in [-0.3, -0.25) is 0 Å². The molecule has 7 N–H and O–H groups in total. The van der Waals surface area contributed by atoms with Crippen molar-refractivity contribution >= 4 is 0 Å². The van der Waals surface area contributed by atoms with E-state index in [1.165, 1.54) is 7.11 Å². The van der Waals surface area contributed by atoms with Gasteiger partial charge < -0.3 is 54.7 Å². The van der Waals surface area contributed by atoms with Crippen LogP contribution in [0.4, 0.5) is 0 Å². The van der Waals surface area contributed by atoms with E-state index in [1.54, 1.807) is 0 Å². The van der Waals surface area contributed by atoms with Crippen molar-refractivity contribution in [3.05, 3.63) is 0 Å². The van der Waals surface area contributed by atoms with Crippen molar-refractivity contribution in [3.63, 3.8) is 0 Å². The first-order valence-electron chi connectivity index (χ1n) is 7.46. The number of aliphatic hydroxyl groups is 7. The Bertz CT molecular complexity index is 394. The standard InChI is InChI=1S/C13H24O11/c1-21-10-7(17)5(3-15)22-12(20)11(10)24-13-9(19)8(18)6(16)4(2-14)23-13/h4-20H,2-3H2,1H3/t4-,5-,6-,7-,8+,9-,10+,11-,12+,13-/m1/s1. The molecule has 2 rings (SSSR count). The lowest BCUT2D eigenvalue weighted by Crippen LogP contribution is -2.64. The fourth-order valence-electron chi connectivity index (χ4n) is 2.81. The highest BCUT2D eigenvalue weighted by Crippen LogP contribution is 2.29. The minimum Gasteiger partial charge on any atom is -0.394 e. The summed E-state index contributed by atoms with van der Waals surface area (Å²) >= 11 is 0. The predicted molar refractivity (Wildman–Crippen MR) is 73.4 cm³/mol. The van der Waals surface area contributed by atoms with Gasteiger partial charge in [0.2, 0.25) is 0 Å².